The lowest BCUT2D eigenvalue weighted by molar-refractivity contribution is -0.138. The van der Waals surface area contributed by atoms with Gasteiger partial charge in [0.05, 0.1) is 6.42 Å². The second kappa shape index (κ2) is 6.19. The summed E-state index contributed by atoms with van der Waals surface area (Å²) in [6.07, 6.45) is 2.30. The van der Waals surface area contributed by atoms with Crippen LogP contribution in [0, 0.1) is 5.82 Å². The van der Waals surface area contributed by atoms with Crippen molar-refractivity contribution in [3.8, 4) is 0 Å². The average Bonchev–Trinajstić information content (AvgIpc) is 2.79. The lowest BCUT2D eigenvalue weighted by atomic mass is 9.89. The first-order valence-corrected chi connectivity index (χ1v) is 7.57. The molecule has 0 bridgehead atoms. The van der Waals surface area contributed by atoms with Crippen molar-refractivity contribution in [2.75, 3.05) is 5.32 Å². The van der Waals surface area contributed by atoms with Crippen LogP contribution in [0.25, 0.3) is 6.08 Å². The monoisotopic (exact) mass is 345 g/mol. The first-order chi connectivity index (χ1) is 11.4. The van der Waals surface area contributed by atoms with E-state index in [2.05, 4.69) is 5.32 Å². The van der Waals surface area contributed by atoms with E-state index in [0.717, 1.165) is 0 Å². The Morgan fingerprint density at radius 2 is 1.96 bits per heavy atom. The van der Waals surface area contributed by atoms with Gasteiger partial charge in [-0.15, -0.1) is 0 Å². The molecule has 1 amide bonds. The molecule has 3 rings (SSSR count). The normalized spacial score (nSPS) is 19.4. The summed E-state index contributed by atoms with van der Waals surface area (Å²) in [5, 5.41) is 13.4. The highest BCUT2D eigenvalue weighted by Crippen LogP contribution is 2.42. The topological polar surface area (TPSA) is 66.4 Å². The number of carbonyl (C=O) groups is 2. The number of hydrogen-bond acceptors (Lipinski definition) is 3. The minimum Gasteiger partial charge on any atom is -0.375 e. The van der Waals surface area contributed by atoms with Crippen LogP contribution in [0.15, 0.2) is 48.5 Å². The van der Waals surface area contributed by atoms with E-state index in [1.54, 1.807) is 18.2 Å². The molecular weight excluding hydrogens is 333 g/mol. The molecule has 2 aromatic rings. The standard InChI is InChI=1S/C18H13ClFNO3/c19-14-2-1-3-15-16(14)18(24,17(23)21-15)10-13(22)9-6-11-4-7-12(20)8-5-11/h1-9,24H,10H2,(H,21,23)/b9-6+/t18-/m0/s1. The van der Waals surface area contributed by atoms with Crippen LogP contribution in [0.2, 0.25) is 5.02 Å². The summed E-state index contributed by atoms with van der Waals surface area (Å²) < 4.78 is 12.8. The number of amides is 1. The molecule has 122 valence electrons. The molecule has 1 aliphatic heterocycles. The smallest absolute Gasteiger partial charge is 0.261 e. The predicted octanol–water partition coefficient (Wildman–Crippen LogP) is 3.29. The molecule has 0 radical (unpaired) electrons. The van der Waals surface area contributed by atoms with Crippen molar-refractivity contribution in [3.63, 3.8) is 0 Å². The molecule has 6 heteroatoms. The van der Waals surface area contributed by atoms with E-state index in [1.165, 1.54) is 36.4 Å². The Balaban J connectivity index is 1.82. The Labute approximate surface area is 142 Å². The zero-order valence-electron chi connectivity index (χ0n) is 12.4. The molecule has 0 saturated carbocycles. The van der Waals surface area contributed by atoms with Gasteiger partial charge in [0.1, 0.15) is 5.82 Å². The van der Waals surface area contributed by atoms with Gasteiger partial charge in [-0.1, -0.05) is 35.9 Å². The van der Waals surface area contributed by atoms with Crippen LogP contribution in [0.4, 0.5) is 10.1 Å². The number of anilines is 1. The van der Waals surface area contributed by atoms with Gasteiger partial charge in [0.15, 0.2) is 11.4 Å². The third-order valence-corrected chi connectivity index (χ3v) is 4.13. The number of hydrogen-bond donors (Lipinski definition) is 2. The zero-order chi connectivity index (χ0) is 17.3. The summed E-state index contributed by atoms with van der Waals surface area (Å²) in [5.41, 5.74) is -0.769. The van der Waals surface area contributed by atoms with E-state index < -0.39 is 23.7 Å². The molecule has 24 heavy (non-hydrogen) atoms. The lowest BCUT2D eigenvalue weighted by Gasteiger charge is -2.20. The van der Waals surface area contributed by atoms with Crippen molar-refractivity contribution in [3.05, 3.63) is 70.5 Å². The molecule has 1 heterocycles. The lowest BCUT2D eigenvalue weighted by Crippen LogP contribution is -2.36. The molecule has 1 atom stereocenters. The van der Waals surface area contributed by atoms with Gasteiger partial charge in [0.25, 0.3) is 5.91 Å². The maximum Gasteiger partial charge on any atom is 0.261 e. The number of benzene rings is 2. The van der Waals surface area contributed by atoms with Gasteiger partial charge >= 0.3 is 0 Å². The van der Waals surface area contributed by atoms with Crippen LogP contribution in [0.1, 0.15) is 17.5 Å². The minimum atomic E-state index is -2.00. The fourth-order valence-corrected chi connectivity index (χ4v) is 2.96. The number of halogens is 2. The van der Waals surface area contributed by atoms with E-state index in [-0.39, 0.29) is 16.4 Å². The quantitative estimate of drug-likeness (QED) is 0.836. The molecule has 0 unspecified atom stereocenters. The number of fused-ring (bicyclic) bond motifs is 1. The Morgan fingerprint density at radius 3 is 2.67 bits per heavy atom. The molecule has 1 aliphatic rings. The third kappa shape index (κ3) is 2.96. The van der Waals surface area contributed by atoms with E-state index in [0.29, 0.717) is 11.3 Å². The third-order valence-electron chi connectivity index (χ3n) is 3.81. The first-order valence-electron chi connectivity index (χ1n) is 7.19. The van der Waals surface area contributed by atoms with Crippen molar-refractivity contribution in [1.29, 1.82) is 0 Å². The van der Waals surface area contributed by atoms with Gasteiger partial charge < -0.3 is 10.4 Å². The van der Waals surface area contributed by atoms with E-state index in [1.807, 2.05) is 0 Å². The number of rotatable bonds is 4. The highest BCUT2D eigenvalue weighted by atomic mass is 35.5. The molecule has 0 spiro atoms. The predicted molar refractivity (Wildman–Crippen MR) is 89.0 cm³/mol. The van der Waals surface area contributed by atoms with E-state index >= 15 is 0 Å². The molecule has 2 aromatic carbocycles. The molecule has 4 nitrogen and oxygen atoms in total. The average molecular weight is 346 g/mol. The Kier molecular flexibility index (Phi) is 4.22. The maximum atomic E-state index is 12.8. The summed E-state index contributed by atoms with van der Waals surface area (Å²) in [6.45, 7) is 0. The number of ketones is 1. The largest absolute Gasteiger partial charge is 0.375 e. The summed E-state index contributed by atoms with van der Waals surface area (Å²) in [4.78, 5) is 24.3. The van der Waals surface area contributed by atoms with Crippen LogP contribution < -0.4 is 5.32 Å². The van der Waals surface area contributed by atoms with Gasteiger partial charge in [0.2, 0.25) is 0 Å². The van der Waals surface area contributed by atoms with Crippen molar-refractivity contribution < 1.29 is 19.1 Å². The van der Waals surface area contributed by atoms with Crippen molar-refractivity contribution in [2.24, 2.45) is 0 Å². The van der Waals surface area contributed by atoms with Crippen LogP contribution >= 0.6 is 11.6 Å². The summed E-state index contributed by atoms with van der Waals surface area (Å²) >= 11 is 6.07. The fourth-order valence-electron chi connectivity index (χ4n) is 2.63. The van der Waals surface area contributed by atoms with Crippen LogP contribution in [-0.2, 0) is 15.2 Å². The van der Waals surface area contributed by atoms with E-state index in [4.69, 9.17) is 11.6 Å². The maximum absolute atomic E-state index is 12.8. The summed E-state index contributed by atoms with van der Waals surface area (Å²) in [5.74, 6) is -1.51. The fraction of sp³-hybridized carbons (Fsp3) is 0.111. The van der Waals surface area contributed by atoms with Crippen LogP contribution in [0.5, 0.6) is 0 Å². The zero-order valence-corrected chi connectivity index (χ0v) is 13.2. The van der Waals surface area contributed by atoms with Gasteiger partial charge in [-0.3, -0.25) is 9.59 Å². The molecule has 2 N–H and O–H groups in total. The second-order valence-electron chi connectivity index (χ2n) is 5.50. The Bertz CT molecular complexity index is 848. The highest BCUT2D eigenvalue weighted by Gasteiger charge is 2.47. The SMILES string of the molecule is O=C(/C=C/c1ccc(F)cc1)C[C@@]1(O)C(=O)Nc2cccc(Cl)c21. The van der Waals surface area contributed by atoms with Crippen molar-refractivity contribution in [2.45, 2.75) is 12.0 Å². The van der Waals surface area contributed by atoms with Crippen LogP contribution in [-0.4, -0.2) is 16.8 Å². The highest BCUT2D eigenvalue weighted by molar-refractivity contribution is 6.33. The summed E-state index contributed by atoms with van der Waals surface area (Å²) in [7, 11) is 0. The Morgan fingerprint density at radius 1 is 1.25 bits per heavy atom. The number of aliphatic hydroxyl groups is 1. The molecular formula is C18H13ClFNO3. The van der Waals surface area contributed by atoms with Gasteiger partial charge in [-0.2, -0.15) is 0 Å². The molecule has 0 fully saturated rings. The van der Waals surface area contributed by atoms with Gasteiger partial charge in [0, 0.05) is 16.3 Å². The molecule has 0 saturated heterocycles. The number of nitrogens with one attached hydrogen (secondary N) is 1. The molecule has 0 aromatic heterocycles. The number of allylic oxidation sites excluding steroid dienone is 1. The van der Waals surface area contributed by atoms with Crippen molar-refractivity contribution in [1.82, 2.24) is 0 Å². The first kappa shape index (κ1) is 16.4. The van der Waals surface area contributed by atoms with E-state index in [9.17, 15) is 19.1 Å². The summed E-state index contributed by atoms with van der Waals surface area (Å²) in [6, 6.07) is 10.4. The number of carbonyl (C=O) groups excluding carboxylic acids is 2. The minimum absolute atomic E-state index is 0.209. The van der Waals surface area contributed by atoms with Crippen LogP contribution in [0.3, 0.4) is 0 Å². The second-order valence-corrected chi connectivity index (χ2v) is 5.91. The van der Waals surface area contributed by atoms with Gasteiger partial charge in [-0.05, 0) is 35.9 Å². The van der Waals surface area contributed by atoms with Crippen molar-refractivity contribution >= 4 is 35.1 Å². The van der Waals surface area contributed by atoms with Gasteiger partial charge in [-0.25, -0.2) is 4.39 Å². The Hall–Kier alpha value is -2.50. The molecule has 0 aliphatic carbocycles.